The number of carbonyl (C=O) groups excluding carboxylic acids is 1. The number of hydrogen-bond acceptors (Lipinski definition) is 3. The van der Waals surface area contributed by atoms with E-state index in [1.807, 2.05) is 32.7 Å². The van der Waals surface area contributed by atoms with Crippen LogP contribution >= 0.6 is 11.6 Å². The lowest BCUT2D eigenvalue weighted by Gasteiger charge is -2.27. The van der Waals surface area contributed by atoms with Gasteiger partial charge in [-0.15, -0.1) is 11.6 Å². The van der Waals surface area contributed by atoms with Crippen molar-refractivity contribution >= 4 is 17.6 Å². The lowest BCUT2D eigenvalue weighted by atomic mass is 10.0. The molecule has 1 aromatic carbocycles. The minimum atomic E-state index is -0.453. The Morgan fingerprint density at radius 1 is 1.29 bits per heavy atom. The molecule has 0 aliphatic heterocycles. The summed E-state index contributed by atoms with van der Waals surface area (Å²) in [5.74, 6) is 0.261. The number of likely N-dealkylation sites (N-methyl/N-ethyl adjacent to an activating group) is 1. The highest BCUT2D eigenvalue weighted by Crippen LogP contribution is 2.12. The quantitative estimate of drug-likeness (QED) is 0.595. The van der Waals surface area contributed by atoms with Gasteiger partial charge in [0.2, 0.25) is 0 Å². The fraction of sp³-hybridized carbons (Fsp3) is 0.588. The van der Waals surface area contributed by atoms with Gasteiger partial charge in [-0.1, -0.05) is 29.8 Å². The van der Waals surface area contributed by atoms with Crippen LogP contribution in [-0.4, -0.2) is 42.0 Å². The number of ether oxygens (including phenoxy) is 1. The molecule has 0 fully saturated rings. The number of hydrogen-bond donors (Lipinski definition) is 0. The molecule has 0 bridgehead atoms. The summed E-state index contributed by atoms with van der Waals surface area (Å²) in [6, 6.07) is 8.51. The predicted octanol–water partition coefficient (Wildman–Crippen LogP) is 3.42. The van der Waals surface area contributed by atoms with Crippen molar-refractivity contribution in [1.82, 2.24) is 4.90 Å². The molecular formula is C17H26ClNO2. The third-order valence-corrected chi connectivity index (χ3v) is 3.55. The Morgan fingerprint density at radius 2 is 1.86 bits per heavy atom. The van der Waals surface area contributed by atoms with Crippen molar-refractivity contribution in [1.29, 1.82) is 0 Å². The van der Waals surface area contributed by atoms with Gasteiger partial charge < -0.3 is 4.74 Å². The Balaban J connectivity index is 2.58. The van der Waals surface area contributed by atoms with Crippen molar-refractivity contribution in [2.24, 2.45) is 0 Å². The predicted molar refractivity (Wildman–Crippen MR) is 87.9 cm³/mol. The van der Waals surface area contributed by atoms with E-state index in [4.69, 9.17) is 16.3 Å². The van der Waals surface area contributed by atoms with E-state index in [1.54, 1.807) is 0 Å². The monoisotopic (exact) mass is 311 g/mol. The zero-order valence-corrected chi connectivity index (χ0v) is 14.4. The van der Waals surface area contributed by atoms with Gasteiger partial charge in [0.05, 0.1) is 6.54 Å². The molecule has 0 saturated heterocycles. The van der Waals surface area contributed by atoms with Crippen molar-refractivity contribution in [2.45, 2.75) is 45.8 Å². The Morgan fingerprint density at radius 3 is 2.33 bits per heavy atom. The van der Waals surface area contributed by atoms with Gasteiger partial charge in [0.25, 0.3) is 0 Å². The molecule has 0 saturated carbocycles. The minimum absolute atomic E-state index is 0.113. The van der Waals surface area contributed by atoms with Crippen molar-refractivity contribution in [2.75, 3.05) is 19.5 Å². The van der Waals surface area contributed by atoms with Gasteiger partial charge in [0.15, 0.2) is 0 Å². The number of alkyl halides is 1. The summed E-state index contributed by atoms with van der Waals surface area (Å²) in [4.78, 5) is 13.8. The van der Waals surface area contributed by atoms with Crippen LogP contribution in [0.3, 0.4) is 0 Å². The highest BCUT2D eigenvalue weighted by Gasteiger charge is 2.21. The number of nitrogens with zero attached hydrogens (tertiary/aromatic N) is 1. The Labute approximate surface area is 133 Å². The zero-order valence-electron chi connectivity index (χ0n) is 13.6. The molecule has 1 rings (SSSR count). The largest absolute Gasteiger partial charge is 0.459 e. The second kappa shape index (κ2) is 7.81. The van der Waals surface area contributed by atoms with Gasteiger partial charge in [-0.25, -0.2) is 0 Å². The van der Waals surface area contributed by atoms with Crippen LogP contribution in [0.4, 0.5) is 0 Å². The summed E-state index contributed by atoms with van der Waals surface area (Å²) >= 11 is 6.07. The van der Waals surface area contributed by atoms with Crippen LogP contribution in [0.1, 0.15) is 31.9 Å². The highest BCUT2D eigenvalue weighted by atomic mass is 35.5. The Bertz CT molecular complexity index is 451. The molecule has 0 N–H and O–H groups in total. The maximum atomic E-state index is 11.9. The van der Waals surface area contributed by atoms with Gasteiger partial charge >= 0.3 is 5.97 Å². The van der Waals surface area contributed by atoms with Crippen molar-refractivity contribution in [3.8, 4) is 0 Å². The molecule has 1 atom stereocenters. The number of benzene rings is 1. The second-order valence-electron chi connectivity index (χ2n) is 6.50. The highest BCUT2D eigenvalue weighted by molar-refractivity contribution is 6.18. The maximum Gasteiger partial charge on any atom is 0.320 e. The standard InChI is InChI=1S/C17H26ClNO2/c1-13-6-8-14(9-7-13)10-15(11-18)19(5)12-16(20)21-17(2,3)4/h6-9,15H,10-12H2,1-5H3/t15-/m0/s1. The fourth-order valence-electron chi connectivity index (χ4n) is 2.03. The van der Waals surface area contributed by atoms with Crippen LogP contribution in [0.15, 0.2) is 24.3 Å². The summed E-state index contributed by atoms with van der Waals surface area (Å²) in [6.45, 7) is 7.93. The van der Waals surface area contributed by atoms with E-state index in [2.05, 4.69) is 31.2 Å². The summed E-state index contributed by atoms with van der Waals surface area (Å²) in [5.41, 5.74) is 2.01. The first-order chi connectivity index (χ1) is 9.71. The molecule has 21 heavy (non-hydrogen) atoms. The molecule has 4 heteroatoms. The molecule has 118 valence electrons. The summed E-state index contributed by atoms with van der Waals surface area (Å²) in [5, 5.41) is 0. The van der Waals surface area contributed by atoms with Crippen LogP contribution in [0.2, 0.25) is 0 Å². The van der Waals surface area contributed by atoms with E-state index in [9.17, 15) is 4.79 Å². The fourth-order valence-corrected chi connectivity index (χ4v) is 2.38. The number of rotatable bonds is 6. The van der Waals surface area contributed by atoms with Gasteiger partial charge in [-0.05, 0) is 46.7 Å². The van der Waals surface area contributed by atoms with Crippen LogP contribution in [0.25, 0.3) is 0 Å². The van der Waals surface area contributed by atoms with Crippen LogP contribution in [-0.2, 0) is 16.0 Å². The van der Waals surface area contributed by atoms with E-state index in [1.165, 1.54) is 11.1 Å². The average molecular weight is 312 g/mol. The maximum absolute atomic E-state index is 11.9. The van der Waals surface area contributed by atoms with E-state index in [0.29, 0.717) is 5.88 Å². The molecular weight excluding hydrogens is 286 g/mol. The molecule has 0 amide bonds. The Kier molecular flexibility index (Phi) is 6.69. The van der Waals surface area contributed by atoms with E-state index in [0.717, 1.165) is 6.42 Å². The SMILES string of the molecule is Cc1ccc(C[C@@H](CCl)N(C)CC(=O)OC(C)(C)C)cc1. The zero-order chi connectivity index (χ0) is 16.0. The van der Waals surface area contributed by atoms with Gasteiger partial charge in [-0.2, -0.15) is 0 Å². The molecule has 0 aromatic heterocycles. The average Bonchev–Trinajstić information content (AvgIpc) is 2.35. The van der Waals surface area contributed by atoms with Crippen LogP contribution in [0, 0.1) is 6.92 Å². The van der Waals surface area contributed by atoms with Gasteiger partial charge in [0.1, 0.15) is 5.60 Å². The van der Waals surface area contributed by atoms with Crippen molar-refractivity contribution < 1.29 is 9.53 Å². The third-order valence-electron chi connectivity index (χ3n) is 3.19. The smallest absolute Gasteiger partial charge is 0.320 e. The molecule has 0 heterocycles. The first-order valence-electron chi connectivity index (χ1n) is 7.25. The number of esters is 1. The van der Waals surface area contributed by atoms with Gasteiger partial charge in [-0.3, -0.25) is 9.69 Å². The molecule has 0 aliphatic rings. The topological polar surface area (TPSA) is 29.5 Å². The normalized spacial score (nSPS) is 13.3. The second-order valence-corrected chi connectivity index (χ2v) is 6.81. The summed E-state index contributed by atoms with van der Waals surface area (Å²) in [6.07, 6.45) is 0.822. The minimum Gasteiger partial charge on any atom is -0.459 e. The number of carbonyl (C=O) groups is 1. The number of halogens is 1. The molecule has 0 radical (unpaired) electrons. The van der Waals surface area contributed by atoms with Crippen molar-refractivity contribution in [3.05, 3.63) is 35.4 Å². The molecule has 0 spiro atoms. The van der Waals surface area contributed by atoms with Crippen LogP contribution in [0.5, 0.6) is 0 Å². The van der Waals surface area contributed by atoms with E-state index >= 15 is 0 Å². The first-order valence-corrected chi connectivity index (χ1v) is 7.78. The number of aryl methyl sites for hydroxylation is 1. The van der Waals surface area contributed by atoms with Gasteiger partial charge in [0, 0.05) is 11.9 Å². The van der Waals surface area contributed by atoms with Crippen molar-refractivity contribution in [3.63, 3.8) is 0 Å². The van der Waals surface area contributed by atoms with E-state index < -0.39 is 5.60 Å². The third kappa shape index (κ3) is 6.96. The molecule has 1 aromatic rings. The molecule has 0 unspecified atom stereocenters. The molecule has 3 nitrogen and oxygen atoms in total. The first kappa shape index (κ1) is 18.0. The molecule has 0 aliphatic carbocycles. The summed E-state index contributed by atoms with van der Waals surface area (Å²) in [7, 11) is 1.91. The summed E-state index contributed by atoms with van der Waals surface area (Å²) < 4.78 is 5.35. The van der Waals surface area contributed by atoms with E-state index in [-0.39, 0.29) is 18.6 Å². The lowest BCUT2D eigenvalue weighted by Crippen LogP contribution is -2.40. The Hall–Kier alpha value is -1.06. The lowest BCUT2D eigenvalue weighted by molar-refractivity contribution is -0.156. The van der Waals surface area contributed by atoms with Crippen LogP contribution < -0.4 is 0 Å².